The van der Waals surface area contributed by atoms with E-state index in [4.69, 9.17) is 5.10 Å². The van der Waals surface area contributed by atoms with Crippen molar-refractivity contribution < 1.29 is 4.79 Å². The predicted molar refractivity (Wildman–Crippen MR) is 122 cm³/mol. The van der Waals surface area contributed by atoms with Gasteiger partial charge in [0.2, 0.25) is 0 Å². The molecule has 5 heteroatoms. The maximum absolute atomic E-state index is 12.9. The number of amides is 1. The van der Waals surface area contributed by atoms with E-state index in [1.54, 1.807) is 10.8 Å². The number of nitrogens with one attached hydrogen (secondary N) is 1. The first-order chi connectivity index (χ1) is 15.2. The molecule has 0 atom stereocenters. The molecular weight excluding hydrogens is 384 g/mol. The van der Waals surface area contributed by atoms with Crippen molar-refractivity contribution in [3.05, 3.63) is 78.0 Å². The lowest BCUT2D eigenvalue weighted by Gasteiger charge is -2.15. The van der Waals surface area contributed by atoms with Crippen LogP contribution in [0, 0.1) is 11.3 Å². The number of carbonyl (C=O) groups excluding carboxylic acids is 1. The molecule has 5 nitrogen and oxygen atoms in total. The molecule has 1 heterocycles. The summed E-state index contributed by atoms with van der Waals surface area (Å²) in [6.45, 7) is 0. The van der Waals surface area contributed by atoms with Gasteiger partial charge in [0.15, 0.2) is 0 Å². The summed E-state index contributed by atoms with van der Waals surface area (Å²) in [7, 11) is 0. The van der Waals surface area contributed by atoms with E-state index in [2.05, 4.69) is 11.4 Å². The summed E-state index contributed by atoms with van der Waals surface area (Å²) < 4.78 is 1.78. The molecule has 0 radical (unpaired) electrons. The van der Waals surface area contributed by atoms with Crippen LogP contribution in [0.4, 0.5) is 0 Å². The number of rotatable bonds is 5. The Morgan fingerprint density at radius 1 is 1.00 bits per heavy atom. The molecule has 156 valence electrons. The Kier molecular flexibility index (Phi) is 6.59. The molecule has 3 aromatic rings. The fraction of sp³-hybridized carbons (Fsp3) is 0.269. The van der Waals surface area contributed by atoms with E-state index < -0.39 is 0 Å². The molecule has 1 N–H and O–H groups in total. The zero-order valence-electron chi connectivity index (χ0n) is 17.5. The highest BCUT2D eigenvalue weighted by Gasteiger charge is 2.19. The Hall–Kier alpha value is -3.65. The van der Waals surface area contributed by atoms with Crippen LogP contribution in [0.3, 0.4) is 0 Å². The van der Waals surface area contributed by atoms with Gasteiger partial charge < -0.3 is 5.32 Å². The maximum atomic E-state index is 12.9. The highest BCUT2D eigenvalue weighted by Crippen LogP contribution is 2.26. The molecule has 1 saturated carbocycles. The zero-order valence-corrected chi connectivity index (χ0v) is 17.5. The third kappa shape index (κ3) is 5.10. The minimum absolute atomic E-state index is 0.106. The molecule has 0 unspecified atom stereocenters. The summed E-state index contributed by atoms with van der Waals surface area (Å²) in [6.07, 6.45) is 10.2. The van der Waals surface area contributed by atoms with E-state index >= 15 is 0 Å². The molecule has 1 aliphatic carbocycles. The van der Waals surface area contributed by atoms with Gasteiger partial charge >= 0.3 is 0 Å². The van der Waals surface area contributed by atoms with Gasteiger partial charge in [-0.2, -0.15) is 10.4 Å². The molecule has 1 fully saturated rings. The lowest BCUT2D eigenvalue weighted by molar-refractivity contribution is -0.117. The average molecular weight is 411 g/mol. The third-order valence-electron chi connectivity index (χ3n) is 5.67. The number of para-hydroxylation sites is 1. The molecule has 0 bridgehead atoms. The van der Waals surface area contributed by atoms with Gasteiger partial charge in [-0.05, 0) is 31.1 Å². The first-order valence-electron chi connectivity index (χ1n) is 10.9. The minimum atomic E-state index is -0.305. The Labute approximate surface area is 183 Å². The van der Waals surface area contributed by atoms with Gasteiger partial charge in [-0.15, -0.1) is 0 Å². The fourth-order valence-electron chi connectivity index (χ4n) is 4.02. The minimum Gasteiger partial charge on any atom is -0.349 e. The van der Waals surface area contributed by atoms with Crippen LogP contribution in [0.15, 0.2) is 72.4 Å². The van der Waals surface area contributed by atoms with Gasteiger partial charge in [0.25, 0.3) is 5.91 Å². The van der Waals surface area contributed by atoms with E-state index in [9.17, 15) is 10.1 Å². The van der Waals surface area contributed by atoms with Crippen molar-refractivity contribution >= 4 is 12.0 Å². The zero-order chi connectivity index (χ0) is 21.5. The fourth-order valence-corrected chi connectivity index (χ4v) is 4.02. The standard InChI is InChI=1S/C26H26N4O/c27-18-21(26(31)28-23-13-7-1-2-8-14-23)17-22-19-30(24-15-9-4-10-16-24)29-25(22)20-11-5-3-6-12-20/h3-6,9-12,15-17,19,23H,1-2,7-8,13-14H2,(H,28,31). The molecular formula is C26H26N4O. The van der Waals surface area contributed by atoms with E-state index in [0.717, 1.165) is 48.2 Å². The van der Waals surface area contributed by atoms with Crippen LogP contribution >= 0.6 is 0 Å². The first-order valence-corrected chi connectivity index (χ1v) is 10.9. The number of benzene rings is 2. The van der Waals surface area contributed by atoms with Crippen LogP contribution in [0.25, 0.3) is 23.0 Å². The molecule has 1 aliphatic rings. The van der Waals surface area contributed by atoms with Crippen molar-refractivity contribution in [1.82, 2.24) is 15.1 Å². The van der Waals surface area contributed by atoms with Crippen molar-refractivity contribution in [2.45, 2.75) is 44.6 Å². The number of hydrogen-bond donors (Lipinski definition) is 1. The lowest BCUT2D eigenvalue weighted by atomic mass is 10.0. The Balaban J connectivity index is 1.67. The number of aromatic nitrogens is 2. The second-order valence-corrected chi connectivity index (χ2v) is 7.91. The van der Waals surface area contributed by atoms with Crippen LogP contribution in [0.2, 0.25) is 0 Å². The van der Waals surface area contributed by atoms with Crippen LogP contribution < -0.4 is 5.32 Å². The second kappa shape index (κ2) is 9.90. The van der Waals surface area contributed by atoms with Crippen LogP contribution in [-0.2, 0) is 4.79 Å². The van der Waals surface area contributed by atoms with Crippen molar-refractivity contribution in [2.24, 2.45) is 0 Å². The largest absolute Gasteiger partial charge is 0.349 e. The molecule has 1 amide bonds. The maximum Gasteiger partial charge on any atom is 0.262 e. The van der Waals surface area contributed by atoms with Crippen LogP contribution in [0.5, 0.6) is 0 Å². The highest BCUT2D eigenvalue weighted by atomic mass is 16.1. The Bertz CT molecular complexity index is 1090. The van der Waals surface area contributed by atoms with E-state index in [-0.39, 0.29) is 17.5 Å². The van der Waals surface area contributed by atoms with Gasteiger partial charge in [-0.1, -0.05) is 74.2 Å². The second-order valence-electron chi connectivity index (χ2n) is 7.91. The summed E-state index contributed by atoms with van der Waals surface area (Å²) in [5, 5.41) is 17.5. The summed E-state index contributed by atoms with van der Waals surface area (Å²) in [4.78, 5) is 12.9. The van der Waals surface area contributed by atoms with E-state index in [1.165, 1.54) is 12.8 Å². The smallest absolute Gasteiger partial charge is 0.262 e. The molecule has 4 rings (SSSR count). The van der Waals surface area contributed by atoms with Crippen molar-refractivity contribution in [1.29, 1.82) is 5.26 Å². The SMILES string of the molecule is N#CC(=Cc1cn(-c2ccccc2)nc1-c1ccccc1)C(=O)NC1CCCCCC1. The summed E-state index contributed by atoms with van der Waals surface area (Å²) >= 11 is 0. The molecule has 1 aromatic heterocycles. The number of carbonyl (C=O) groups is 1. The normalized spacial score (nSPS) is 15.1. The van der Waals surface area contributed by atoms with E-state index in [0.29, 0.717) is 0 Å². The number of nitrogens with zero attached hydrogens (tertiary/aromatic N) is 3. The van der Waals surface area contributed by atoms with Crippen molar-refractivity contribution in [2.75, 3.05) is 0 Å². The van der Waals surface area contributed by atoms with Crippen LogP contribution in [0.1, 0.15) is 44.1 Å². The number of nitriles is 1. The monoisotopic (exact) mass is 410 g/mol. The third-order valence-corrected chi connectivity index (χ3v) is 5.67. The molecule has 0 spiro atoms. The van der Waals surface area contributed by atoms with Gasteiger partial charge in [0.05, 0.1) is 11.4 Å². The van der Waals surface area contributed by atoms with E-state index in [1.807, 2.05) is 66.9 Å². The van der Waals surface area contributed by atoms with Crippen molar-refractivity contribution in [3.63, 3.8) is 0 Å². The van der Waals surface area contributed by atoms with Gasteiger partial charge in [-0.25, -0.2) is 4.68 Å². The topological polar surface area (TPSA) is 70.7 Å². The van der Waals surface area contributed by atoms with Crippen LogP contribution in [-0.4, -0.2) is 21.7 Å². The lowest BCUT2D eigenvalue weighted by Crippen LogP contribution is -2.35. The molecule has 31 heavy (non-hydrogen) atoms. The van der Waals surface area contributed by atoms with Gasteiger partial charge in [-0.3, -0.25) is 4.79 Å². The van der Waals surface area contributed by atoms with Gasteiger partial charge in [0.1, 0.15) is 11.6 Å². The molecule has 0 saturated heterocycles. The highest BCUT2D eigenvalue weighted by molar-refractivity contribution is 6.02. The van der Waals surface area contributed by atoms with Crippen molar-refractivity contribution in [3.8, 4) is 23.0 Å². The summed E-state index contributed by atoms with van der Waals surface area (Å²) in [5.74, 6) is -0.305. The quantitative estimate of drug-likeness (QED) is 0.353. The summed E-state index contributed by atoms with van der Waals surface area (Å²) in [6, 6.07) is 21.9. The molecule has 2 aromatic carbocycles. The average Bonchev–Trinajstić information content (AvgIpc) is 3.07. The van der Waals surface area contributed by atoms with Gasteiger partial charge in [0, 0.05) is 23.4 Å². The number of hydrogen-bond acceptors (Lipinski definition) is 3. The Morgan fingerprint density at radius 2 is 1.65 bits per heavy atom. The first kappa shape index (κ1) is 20.6. The Morgan fingerprint density at radius 3 is 2.29 bits per heavy atom. The summed E-state index contributed by atoms with van der Waals surface area (Å²) in [5.41, 5.74) is 3.43. The predicted octanol–water partition coefficient (Wildman–Crippen LogP) is 5.29. The molecule has 0 aliphatic heterocycles.